The van der Waals surface area contributed by atoms with Crippen LogP contribution in [0.2, 0.25) is 0 Å². The molecule has 0 spiro atoms. The molecule has 1 rings (SSSR count). The molecule has 1 aliphatic heterocycles. The number of aliphatic hydroxyl groups is 1. The SMILES string of the molecule is C/C=C\CC(O)C/C=C\NC(=O)C(NC(=O)/C=C\C#C/C(C)=C/CC1CC=C(OC)C(=O)O1)C(C)(C)C. The number of hydrogen-bond acceptors (Lipinski definition) is 6. The Balaban J connectivity index is 2.60. The molecule has 202 valence electrons. The molecule has 1 heterocycles. The van der Waals surface area contributed by atoms with Gasteiger partial charge in [-0.05, 0) is 56.0 Å². The van der Waals surface area contributed by atoms with Crippen molar-refractivity contribution in [2.24, 2.45) is 5.41 Å². The van der Waals surface area contributed by atoms with Crippen molar-refractivity contribution in [3.8, 4) is 11.8 Å². The Morgan fingerprint density at radius 3 is 2.62 bits per heavy atom. The van der Waals surface area contributed by atoms with Gasteiger partial charge >= 0.3 is 5.97 Å². The number of hydrogen-bond donors (Lipinski definition) is 3. The maximum absolute atomic E-state index is 12.7. The molecule has 0 saturated carbocycles. The number of allylic oxidation sites excluding steroid dienone is 3. The minimum absolute atomic E-state index is 0.221. The van der Waals surface area contributed by atoms with Crippen molar-refractivity contribution in [2.75, 3.05) is 7.11 Å². The number of carbonyl (C=O) groups is 3. The molecule has 3 N–H and O–H groups in total. The molecule has 0 aromatic heterocycles. The lowest BCUT2D eigenvalue weighted by Gasteiger charge is -2.29. The fourth-order valence-electron chi connectivity index (χ4n) is 3.23. The average molecular weight is 513 g/mol. The zero-order valence-corrected chi connectivity index (χ0v) is 22.7. The van der Waals surface area contributed by atoms with E-state index in [1.165, 1.54) is 25.5 Å². The van der Waals surface area contributed by atoms with Crippen LogP contribution in [0.25, 0.3) is 0 Å². The molecule has 8 nitrogen and oxygen atoms in total. The van der Waals surface area contributed by atoms with E-state index in [9.17, 15) is 19.5 Å². The fraction of sp³-hybridized carbons (Fsp3) is 0.483. The number of esters is 1. The van der Waals surface area contributed by atoms with Crippen molar-refractivity contribution in [3.63, 3.8) is 0 Å². The first-order valence-electron chi connectivity index (χ1n) is 12.3. The van der Waals surface area contributed by atoms with Gasteiger partial charge in [-0.1, -0.05) is 56.9 Å². The first kappa shape index (κ1) is 31.5. The summed E-state index contributed by atoms with van der Waals surface area (Å²) in [6.45, 7) is 9.29. The van der Waals surface area contributed by atoms with Crippen molar-refractivity contribution in [3.05, 3.63) is 60.1 Å². The van der Waals surface area contributed by atoms with Crippen LogP contribution in [0.3, 0.4) is 0 Å². The van der Waals surface area contributed by atoms with Gasteiger partial charge in [0.1, 0.15) is 12.1 Å². The van der Waals surface area contributed by atoms with Gasteiger partial charge in [-0.15, -0.1) is 0 Å². The number of carbonyl (C=O) groups excluding carboxylic acids is 3. The zero-order chi connectivity index (χ0) is 27.8. The molecule has 0 aromatic carbocycles. The third-order valence-electron chi connectivity index (χ3n) is 5.35. The quantitative estimate of drug-likeness (QED) is 0.169. The Bertz CT molecular complexity index is 1000. The Morgan fingerprint density at radius 2 is 2.00 bits per heavy atom. The summed E-state index contributed by atoms with van der Waals surface area (Å²) in [5.74, 6) is 4.68. The van der Waals surface area contributed by atoms with Gasteiger partial charge in [-0.25, -0.2) is 4.79 Å². The van der Waals surface area contributed by atoms with Crippen LogP contribution in [0.1, 0.15) is 60.3 Å². The van der Waals surface area contributed by atoms with Gasteiger partial charge < -0.3 is 25.2 Å². The fourth-order valence-corrected chi connectivity index (χ4v) is 3.23. The van der Waals surface area contributed by atoms with Crippen LogP contribution < -0.4 is 10.6 Å². The maximum Gasteiger partial charge on any atom is 0.373 e. The molecule has 2 amide bonds. The van der Waals surface area contributed by atoms with Crippen LogP contribution >= 0.6 is 0 Å². The van der Waals surface area contributed by atoms with Gasteiger partial charge in [0.15, 0.2) is 5.76 Å². The largest absolute Gasteiger partial charge is 0.490 e. The zero-order valence-electron chi connectivity index (χ0n) is 22.7. The summed E-state index contributed by atoms with van der Waals surface area (Å²) in [6, 6.07) is -0.775. The van der Waals surface area contributed by atoms with E-state index >= 15 is 0 Å². The topological polar surface area (TPSA) is 114 Å². The van der Waals surface area contributed by atoms with E-state index in [-0.39, 0.29) is 17.8 Å². The molecular formula is C29H40N2O6. The van der Waals surface area contributed by atoms with Crippen molar-refractivity contribution in [1.82, 2.24) is 10.6 Å². The second-order valence-electron chi connectivity index (χ2n) is 9.67. The predicted octanol–water partition coefficient (Wildman–Crippen LogP) is 3.61. The second-order valence-corrected chi connectivity index (χ2v) is 9.67. The van der Waals surface area contributed by atoms with Crippen LogP contribution in [-0.4, -0.2) is 48.2 Å². The van der Waals surface area contributed by atoms with Crippen molar-refractivity contribution >= 4 is 17.8 Å². The van der Waals surface area contributed by atoms with Crippen LogP contribution in [-0.2, 0) is 23.9 Å². The number of cyclic esters (lactones) is 1. The second kappa shape index (κ2) is 16.2. The van der Waals surface area contributed by atoms with E-state index in [1.807, 2.05) is 52.8 Å². The van der Waals surface area contributed by atoms with Gasteiger partial charge in [0.25, 0.3) is 0 Å². The molecule has 0 fully saturated rings. The Hall–Kier alpha value is -3.57. The monoisotopic (exact) mass is 512 g/mol. The van der Waals surface area contributed by atoms with E-state index in [1.54, 1.807) is 12.2 Å². The summed E-state index contributed by atoms with van der Waals surface area (Å²) < 4.78 is 10.2. The van der Waals surface area contributed by atoms with Gasteiger partial charge in [-0.2, -0.15) is 0 Å². The number of ether oxygens (including phenoxy) is 2. The van der Waals surface area contributed by atoms with E-state index < -0.39 is 29.4 Å². The number of rotatable bonds is 11. The van der Waals surface area contributed by atoms with Crippen LogP contribution in [0.5, 0.6) is 0 Å². The van der Waals surface area contributed by atoms with E-state index in [0.717, 1.165) is 5.57 Å². The summed E-state index contributed by atoms with van der Waals surface area (Å²) in [7, 11) is 1.43. The summed E-state index contributed by atoms with van der Waals surface area (Å²) in [5, 5.41) is 15.2. The number of amides is 2. The molecule has 37 heavy (non-hydrogen) atoms. The summed E-state index contributed by atoms with van der Waals surface area (Å²) in [4.78, 5) is 36.8. The third-order valence-corrected chi connectivity index (χ3v) is 5.35. The number of nitrogens with one attached hydrogen (secondary N) is 2. The van der Waals surface area contributed by atoms with E-state index in [0.29, 0.717) is 25.7 Å². The number of aliphatic hydroxyl groups excluding tert-OH is 1. The Kier molecular flexibility index (Phi) is 13.8. The molecule has 0 saturated heterocycles. The highest BCUT2D eigenvalue weighted by Gasteiger charge is 2.31. The maximum atomic E-state index is 12.7. The average Bonchev–Trinajstić information content (AvgIpc) is 2.84. The van der Waals surface area contributed by atoms with Gasteiger partial charge in [0, 0.05) is 18.9 Å². The normalized spacial score (nSPS) is 18.1. The van der Waals surface area contributed by atoms with Crippen molar-refractivity contribution in [1.29, 1.82) is 0 Å². The molecule has 8 heteroatoms. The van der Waals surface area contributed by atoms with Crippen molar-refractivity contribution in [2.45, 2.75) is 78.6 Å². The Labute approximate surface area is 220 Å². The van der Waals surface area contributed by atoms with E-state index in [2.05, 4.69) is 22.5 Å². The molecule has 0 aromatic rings. The first-order valence-corrected chi connectivity index (χ1v) is 12.3. The molecule has 0 bridgehead atoms. The summed E-state index contributed by atoms with van der Waals surface area (Å²) >= 11 is 0. The van der Waals surface area contributed by atoms with Gasteiger partial charge in [-0.3, -0.25) is 9.59 Å². The van der Waals surface area contributed by atoms with Crippen LogP contribution in [0.15, 0.2) is 60.1 Å². The molecule has 0 aliphatic carbocycles. The first-order chi connectivity index (χ1) is 17.5. The Morgan fingerprint density at radius 1 is 1.30 bits per heavy atom. The standard InChI is InChI=1S/C29H40N2O6/c1-7-8-13-22(32)14-11-20-30-27(34)26(29(3,4)5)31-25(33)15-10-9-12-21(2)16-17-23-18-19-24(36-6)28(35)37-23/h7-8,10-11,15-16,19-20,22-23,26,32H,13-14,17-18H2,1-6H3,(H,30,34)(H,31,33)/b8-7-,15-10-,20-11-,21-16+. The highest BCUT2D eigenvalue weighted by molar-refractivity contribution is 5.93. The van der Waals surface area contributed by atoms with Gasteiger partial charge in [0.05, 0.1) is 13.2 Å². The minimum atomic E-state index is -0.775. The van der Waals surface area contributed by atoms with Crippen LogP contribution in [0, 0.1) is 17.3 Å². The molecule has 1 aliphatic rings. The number of methoxy groups -OCH3 is 1. The molecule has 3 atom stereocenters. The lowest BCUT2D eigenvalue weighted by molar-refractivity contribution is -0.149. The highest BCUT2D eigenvalue weighted by atomic mass is 16.6. The van der Waals surface area contributed by atoms with Gasteiger partial charge in [0.2, 0.25) is 11.8 Å². The highest BCUT2D eigenvalue weighted by Crippen LogP contribution is 2.20. The minimum Gasteiger partial charge on any atom is -0.490 e. The van der Waals surface area contributed by atoms with E-state index in [4.69, 9.17) is 9.47 Å². The summed E-state index contributed by atoms with van der Waals surface area (Å²) in [6.07, 6.45) is 14.5. The lowest BCUT2D eigenvalue weighted by atomic mass is 9.86. The van der Waals surface area contributed by atoms with Crippen molar-refractivity contribution < 1.29 is 29.0 Å². The smallest absolute Gasteiger partial charge is 0.373 e. The lowest BCUT2D eigenvalue weighted by Crippen LogP contribution is -2.52. The van der Waals surface area contributed by atoms with Crippen LogP contribution in [0.4, 0.5) is 0 Å². The molecular weight excluding hydrogens is 472 g/mol. The molecule has 0 radical (unpaired) electrons. The summed E-state index contributed by atoms with van der Waals surface area (Å²) in [5.41, 5.74) is 0.247. The predicted molar refractivity (Wildman–Crippen MR) is 144 cm³/mol. The third kappa shape index (κ3) is 12.8. The molecule has 3 unspecified atom stereocenters.